The molecule has 0 aliphatic carbocycles. The Kier molecular flexibility index (Phi) is 4.60. The summed E-state index contributed by atoms with van der Waals surface area (Å²) in [7, 11) is 2.94. The zero-order chi connectivity index (χ0) is 11.4. The van der Waals surface area contributed by atoms with Crippen LogP contribution in [0.1, 0.15) is 15.9 Å². The van der Waals surface area contributed by atoms with Crippen molar-refractivity contribution in [2.45, 2.75) is 5.33 Å². The number of hydrogen-bond donors (Lipinski definition) is 0. The normalized spacial score (nSPS) is 9.87. The van der Waals surface area contributed by atoms with Gasteiger partial charge in [0.1, 0.15) is 5.75 Å². The summed E-state index contributed by atoms with van der Waals surface area (Å²) < 4.78 is 10.6. The monoisotopic (exact) mass is 336 g/mol. The Bertz CT molecular complexity index is 377. The van der Waals surface area contributed by atoms with Gasteiger partial charge in [-0.25, -0.2) is 4.79 Å². The second-order valence-electron chi connectivity index (χ2n) is 2.77. The highest BCUT2D eigenvalue weighted by Crippen LogP contribution is 2.30. The second-order valence-corrected chi connectivity index (χ2v) is 4.18. The maximum Gasteiger partial charge on any atom is 0.338 e. The lowest BCUT2D eigenvalue weighted by molar-refractivity contribution is 0.0599. The Morgan fingerprint density at radius 2 is 2.07 bits per heavy atom. The van der Waals surface area contributed by atoms with Gasteiger partial charge < -0.3 is 9.47 Å². The molecule has 5 heteroatoms. The van der Waals surface area contributed by atoms with E-state index in [4.69, 9.17) is 4.74 Å². The predicted octanol–water partition coefficient (Wildman–Crippen LogP) is 3.14. The van der Waals surface area contributed by atoms with Crippen LogP contribution >= 0.6 is 31.9 Å². The number of alkyl halides is 1. The molecule has 0 amide bonds. The van der Waals surface area contributed by atoms with Crippen LogP contribution < -0.4 is 4.74 Å². The molecule has 0 radical (unpaired) electrons. The minimum absolute atomic E-state index is 0.354. The van der Waals surface area contributed by atoms with E-state index in [0.29, 0.717) is 16.6 Å². The van der Waals surface area contributed by atoms with Crippen molar-refractivity contribution in [3.8, 4) is 5.75 Å². The third-order valence-electron chi connectivity index (χ3n) is 1.93. The largest absolute Gasteiger partial charge is 0.496 e. The summed E-state index contributed by atoms with van der Waals surface area (Å²) in [6.45, 7) is 0. The van der Waals surface area contributed by atoms with Crippen LogP contribution in [0.5, 0.6) is 5.75 Å². The molecule has 0 saturated heterocycles. The summed E-state index contributed by atoms with van der Waals surface area (Å²) >= 11 is 6.64. The number of halogens is 2. The summed E-state index contributed by atoms with van der Waals surface area (Å²) in [5, 5.41) is 0.571. The fourth-order valence-corrected chi connectivity index (χ4v) is 2.13. The SMILES string of the molecule is COC(=O)c1cc(Br)c(OC)cc1CBr. The molecule has 0 fully saturated rings. The highest BCUT2D eigenvalue weighted by atomic mass is 79.9. The number of rotatable bonds is 3. The molecule has 1 rings (SSSR count). The van der Waals surface area contributed by atoms with Crippen molar-refractivity contribution >= 4 is 37.8 Å². The first kappa shape index (κ1) is 12.5. The van der Waals surface area contributed by atoms with Gasteiger partial charge in [-0.15, -0.1) is 0 Å². The van der Waals surface area contributed by atoms with E-state index in [1.807, 2.05) is 0 Å². The lowest BCUT2D eigenvalue weighted by Crippen LogP contribution is -2.05. The average molecular weight is 338 g/mol. The summed E-state index contributed by atoms with van der Waals surface area (Å²) in [5.74, 6) is 0.338. The van der Waals surface area contributed by atoms with Crippen molar-refractivity contribution in [2.24, 2.45) is 0 Å². The fraction of sp³-hybridized carbons (Fsp3) is 0.300. The Balaban J connectivity index is 3.27. The maximum absolute atomic E-state index is 11.4. The van der Waals surface area contributed by atoms with Gasteiger partial charge >= 0.3 is 5.97 Å². The second kappa shape index (κ2) is 5.51. The van der Waals surface area contributed by atoms with Crippen LogP contribution in [0.2, 0.25) is 0 Å². The van der Waals surface area contributed by atoms with Crippen LogP contribution in [0.15, 0.2) is 16.6 Å². The zero-order valence-electron chi connectivity index (χ0n) is 8.34. The molecule has 0 N–H and O–H groups in total. The molecule has 1 aromatic rings. The van der Waals surface area contributed by atoms with Crippen LogP contribution in [0.25, 0.3) is 0 Å². The van der Waals surface area contributed by atoms with E-state index in [-0.39, 0.29) is 5.97 Å². The third kappa shape index (κ3) is 2.72. The molecule has 0 aliphatic rings. The standard InChI is InChI=1S/C10H10Br2O3/c1-14-9-3-6(5-11)7(4-8(9)12)10(13)15-2/h3-4H,5H2,1-2H3. The van der Waals surface area contributed by atoms with Gasteiger partial charge in [0.05, 0.1) is 24.3 Å². The van der Waals surface area contributed by atoms with Crippen molar-refractivity contribution in [3.63, 3.8) is 0 Å². The number of carbonyl (C=O) groups is 1. The van der Waals surface area contributed by atoms with Crippen molar-refractivity contribution in [1.82, 2.24) is 0 Å². The molecular formula is C10H10Br2O3. The minimum atomic E-state index is -0.354. The number of benzene rings is 1. The molecule has 0 heterocycles. The lowest BCUT2D eigenvalue weighted by Gasteiger charge is -2.09. The first-order valence-electron chi connectivity index (χ1n) is 4.14. The molecule has 0 unspecified atom stereocenters. The third-order valence-corrected chi connectivity index (χ3v) is 3.15. The van der Waals surface area contributed by atoms with Gasteiger partial charge in [-0.3, -0.25) is 0 Å². The van der Waals surface area contributed by atoms with Gasteiger partial charge in [0.15, 0.2) is 0 Å². The quantitative estimate of drug-likeness (QED) is 0.628. The van der Waals surface area contributed by atoms with E-state index in [1.54, 1.807) is 19.2 Å². The zero-order valence-corrected chi connectivity index (χ0v) is 11.5. The molecule has 82 valence electrons. The Labute approximate surface area is 105 Å². The molecule has 0 saturated carbocycles. The van der Waals surface area contributed by atoms with Crippen molar-refractivity contribution < 1.29 is 14.3 Å². The molecule has 0 aromatic heterocycles. The van der Waals surface area contributed by atoms with Crippen LogP contribution in [0.4, 0.5) is 0 Å². The smallest absolute Gasteiger partial charge is 0.338 e. The first-order chi connectivity index (χ1) is 7.13. The minimum Gasteiger partial charge on any atom is -0.496 e. The Morgan fingerprint density at radius 1 is 1.40 bits per heavy atom. The van der Waals surface area contributed by atoms with Crippen LogP contribution in [-0.2, 0) is 10.1 Å². The van der Waals surface area contributed by atoms with Gasteiger partial charge in [0.25, 0.3) is 0 Å². The number of carbonyl (C=O) groups excluding carboxylic acids is 1. The highest BCUT2D eigenvalue weighted by molar-refractivity contribution is 9.10. The van der Waals surface area contributed by atoms with Crippen molar-refractivity contribution in [3.05, 3.63) is 27.7 Å². The molecular weight excluding hydrogens is 328 g/mol. The van der Waals surface area contributed by atoms with E-state index in [9.17, 15) is 4.79 Å². The number of esters is 1. The first-order valence-corrected chi connectivity index (χ1v) is 6.06. The molecule has 15 heavy (non-hydrogen) atoms. The molecule has 0 spiro atoms. The van der Waals surface area contributed by atoms with Crippen molar-refractivity contribution in [1.29, 1.82) is 0 Å². The molecule has 0 bridgehead atoms. The summed E-state index contributed by atoms with van der Waals surface area (Å²) in [6.07, 6.45) is 0. The topological polar surface area (TPSA) is 35.5 Å². The summed E-state index contributed by atoms with van der Waals surface area (Å²) in [5.41, 5.74) is 1.36. The van der Waals surface area contributed by atoms with Gasteiger partial charge in [0.2, 0.25) is 0 Å². The van der Waals surface area contributed by atoms with Gasteiger partial charge in [-0.05, 0) is 33.6 Å². The number of ether oxygens (including phenoxy) is 2. The highest BCUT2D eigenvalue weighted by Gasteiger charge is 2.14. The Hall–Kier alpha value is -0.550. The van der Waals surface area contributed by atoms with Crippen molar-refractivity contribution in [2.75, 3.05) is 14.2 Å². The lowest BCUT2D eigenvalue weighted by atomic mass is 10.1. The van der Waals surface area contributed by atoms with Gasteiger partial charge in [-0.2, -0.15) is 0 Å². The van der Waals surface area contributed by atoms with E-state index < -0.39 is 0 Å². The number of methoxy groups -OCH3 is 2. The molecule has 0 aliphatic heterocycles. The van der Waals surface area contributed by atoms with E-state index in [1.165, 1.54) is 7.11 Å². The molecule has 3 nitrogen and oxygen atoms in total. The fourth-order valence-electron chi connectivity index (χ4n) is 1.16. The van der Waals surface area contributed by atoms with Crippen LogP contribution in [-0.4, -0.2) is 20.2 Å². The summed E-state index contributed by atoms with van der Waals surface area (Å²) in [6, 6.07) is 3.49. The maximum atomic E-state index is 11.4. The van der Waals surface area contributed by atoms with Gasteiger partial charge in [-0.1, -0.05) is 15.9 Å². The molecule has 0 atom stereocenters. The Morgan fingerprint density at radius 3 is 2.53 bits per heavy atom. The number of hydrogen-bond acceptors (Lipinski definition) is 3. The van der Waals surface area contributed by atoms with Gasteiger partial charge in [0, 0.05) is 5.33 Å². The predicted molar refractivity (Wildman–Crippen MR) is 64.7 cm³/mol. The average Bonchev–Trinajstić information content (AvgIpc) is 2.27. The molecule has 1 aromatic carbocycles. The van der Waals surface area contributed by atoms with E-state index >= 15 is 0 Å². The van der Waals surface area contributed by atoms with Crippen LogP contribution in [0.3, 0.4) is 0 Å². The van der Waals surface area contributed by atoms with E-state index in [0.717, 1.165) is 10.0 Å². The summed E-state index contributed by atoms with van der Waals surface area (Å²) in [4.78, 5) is 11.4. The van der Waals surface area contributed by atoms with Crippen LogP contribution in [0, 0.1) is 0 Å². The van der Waals surface area contributed by atoms with E-state index in [2.05, 4.69) is 36.6 Å².